The molecule has 1 aliphatic heterocycles. The van der Waals surface area contributed by atoms with Crippen LogP contribution in [0, 0.1) is 0 Å². The van der Waals surface area contributed by atoms with E-state index in [1.54, 1.807) is 18.3 Å². The van der Waals surface area contributed by atoms with E-state index in [2.05, 4.69) is 4.98 Å². The Bertz CT molecular complexity index is 329. The summed E-state index contributed by atoms with van der Waals surface area (Å²) in [5, 5.41) is 3.26. The first-order valence-electron chi connectivity index (χ1n) is 4.77. The lowest BCUT2D eigenvalue weighted by molar-refractivity contribution is -0.116. The number of carbonyl (C=O) groups is 1. The molecular formula is C10H13NOS2. The molecule has 0 bridgehead atoms. The first kappa shape index (κ1) is 10.2. The van der Waals surface area contributed by atoms with Crippen LogP contribution in [0.3, 0.4) is 0 Å². The van der Waals surface area contributed by atoms with Gasteiger partial charge in [0.15, 0.2) is 0 Å². The van der Waals surface area contributed by atoms with Gasteiger partial charge in [0.05, 0.1) is 10.7 Å². The van der Waals surface area contributed by atoms with Crippen LogP contribution in [-0.2, 0) is 11.2 Å². The second-order valence-corrected chi connectivity index (χ2v) is 5.66. The molecule has 2 nitrogen and oxygen atoms in total. The lowest BCUT2D eigenvalue weighted by atomic mass is 10.1. The van der Waals surface area contributed by atoms with Gasteiger partial charge in [-0.1, -0.05) is 0 Å². The molecule has 2 heterocycles. The third-order valence-electron chi connectivity index (χ3n) is 2.28. The number of nitrogens with zero attached hydrogens (tertiary/aromatic N) is 1. The summed E-state index contributed by atoms with van der Waals surface area (Å²) in [4.78, 5) is 15.4. The lowest BCUT2D eigenvalue weighted by Crippen LogP contribution is -1.99. The molecule has 76 valence electrons. The fourth-order valence-corrected chi connectivity index (χ4v) is 3.86. The third-order valence-corrected chi connectivity index (χ3v) is 4.50. The van der Waals surface area contributed by atoms with Crippen molar-refractivity contribution >= 4 is 28.9 Å². The van der Waals surface area contributed by atoms with Gasteiger partial charge in [-0.05, 0) is 19.1 Å². The summed E-state index contributed by atoms with van der Waals surface area (Å²) in [6, 6.07) is 0. The summed E-state index contributed by atoms with van der Waals surface area (Å²) >= 11 is 3.71. The molecule has 14 heavy (non-hydrogen) atoms. The summed E-state index contributed by atoms with van der Waals surface area (Å²) in [5.74, 6) is 3.30. The topological polar surface area (TPSA) is 30.0 Å². The lowest BCUT2D eigenvalue weighted by Gasteiger charge is -2.01. The predicted molar refractivity (Wildman–Crippen MR) is 61.2 cm³/mol. The van der Waals surface area contributed by atoms with Crippen molar-refractivity contribution in [2.45, 2.75) is 25.7 Å². The van der Waals surface area contributed by atoms with Gasteiger partial charge in [0.25, 0.3) is 0 Å². The molecule has 1 saturated heterocycles. The number of ketones is 1. The highest BCUT2D eigenvalue weighted by Crippen LogP contribution is 2.33. The maximum Gasteiger partial charge on any atom is 0.135 e. The number of carbonyl (C=O) groups excluding carboxylic acids is 1. The molecular weight excluding hydrogens is 214 g/mol. The van der Waals surface area contributed by atoms with Gasteiger partial charge in [-0.2, -0.15) is 11.8 Å². The molecule has 0 aromatic carbocycles. The van der Waals surface area contributed by atoms with Crippen LogP contribution in [0.25, 0.3) is 0 Å². The summed E-state index contributed by atoms with van der Waals surface area (Å²) < 4.78 is 0. The Morgan fingerprint density at radius 3 is 3.21 bits per heavy atom. The van der Waals surface area contributed by atoms with Crippen LogP contribution in [0.2, 0.25) is 0 Å². The molecule has 1 fully saturated rings. The average molecular weight is 227 g/mol. The minimum Gasteiger partial charge on any atom is -0.300 e. The van der Waals surface area contributed by atoms with Gasteiger partial charge in [0, 0.05) is 23.5 Å². The van der Waals surface area contributed by atoms with Gasteiger partial charge >= 0.3 is 0 Å². The van der Waals surface area contributed by atoms with Crippen molar-refractivity contribution in [2.24, 2.45) is 0 Å². The minimum atomic E-state index is 0.197. The average Bonchev–Trinajstić information content (AvgIpc) is 2.69. The van der Waals surface area contributed by atoms with E-state index < -0.39 is 0 Å². The first-order valence-corrected chi connectivity index (χ1v) is 6.80. The van der Waals surface area contributed by atoms with Gasteiger partial charge < -0.3 is 0 Å². The Hall–Kier alpha value is -0.350. The van der Waals surface area contributed by atoms with Crippen LogP contribution < -0.4 is 0 Å². The van der Waals surface area contributed by atoms with Crippen molar-refractivity contribution in [1.29, 1.82) is 0 Å². The molecule has 1 aromatic heterocycles. The molecule has 1 aromatic rings. The zero-order valence-electron chi connectivity index (χ0n) is 8.16. The van der Waals surface area contributed by atoms with E-state index in [-0.39, 0.29) is 5.78 Å². The van der Waals surface area contributed by atoms with Gasteiger partial charge in [-0.25, -0.2) is 4.98 Å². The number of hydrogen-bond donors (Lipinski definition) is 0. The molecule has 4 heteroatoms. The zero-order valence-corrected chi connectivity index (χ0v) is 9.79. The molecule has 0 aliphatic carbocycles. The molecule has 1 aliphatic rings. The number of hydrogen-bond acceptors (Lipinski definition) is 4. The number of aromatic nitrogens is 1. The van der Waals surface area contributed by atoms with Crippen molar-refractivity contribution in [3.8, 4) is 0 Å². The van der Waals surface area contributed by atoms with E-state index in [0.717, 1.165) is 5.69 Å². The maximum atomic E-state index is 10.9. The molecule has 1 atom stereocenters. The quantitative estimate of drug-likeness (QED) is 0.794. The molecule has 0 N–H and O–H groups in total. The van der Waals surface area contributed by atoms with Crippen molar-refractivity contribution in [3.63, 3.8) is 0 Å². The molecule has 0 saturated carbocycles. The van der Waals surface area contributed by atoms with Crippen LogP contribution in [0.15, 0.2) is 5.38 Å². The highest BCUT2D eigenvalue weighted by molar-refractivity contribution is 7.99. The van der Waals surface area contributed by atoms with E-state index in [4.69, 9.17) is 0 Å². The molecule has 2 rings (SSSR count). The predicted octanol–water partition coefficient (Wildman–Crippen LogP) is 2.50. The van der Waals surface area contributed by atoms with E-state index in [0.29, 0.717) is 12.3 Å². The Balaban J connectivity index is 2.05. The van der Waals surface area contributed by atoms with Crippen molar-refractivity contribution in [2.75, 3.05) is 11.5 Å². The Morgan fingerprint density at radius 2 is 2.57 bits per heavy atom. The van der Waals surface area contributed by atoms with Crippen LogP contribution in [0.4, 0.5) is 0 Å². The number of thioether (sulfide) groups is 1. The van der Waals surface area contributed by atoms with Crippen LogP contribution in [0.1, 0.15) is 30.0 Å². The summed E-state index contributed by atoms with van der Waals surface area (Å²) in [6.45, 7) is 1.62. The fraction of sp³-hybridized carbons (Fsp3) is 0.600. The summed E-state index contributed by atoms with van der Waals surface area (Å²) in [5.41, 5.74) is 0.953. The van der Waals surface area contributed by atoms with Crippen LogP contribution in [0.5, 0.6) is 0 Å². The Labute approximate surface area is 92.1 Å². The second kappa shape index (κ2) is 4.45. The summed E-state index contributed by atoms with van der Waals surface area (Å²) in [7, 11) is 0. The Morgan fingerprint density at radius 1 is 1.71 bits per heavy atom. The Kier molecular flexibility index (Phi) is 3.23. The van der Waals surface area contributed by atoms with Crippen LogP contribution in [-0.4, -0.2) is 22.3 Å². The monoisotopic (exact) mass is 227 g/mol. The van der Waals surface area contributed by atoms with E-state index >= 15 is 0 Å². The smallest absolute Gasteiger partial charge is 0.135 e. The maximum absolute atomic E-state index is 10.9. The van der Waals surface area contributed by atoms with Crippen molar-refractivity contribution in [3.05, 3.63) is 16.1 Å². The zero-order chi connectivity index (χ0) is 9.97. The normalized spacial score (nSPS) is 21.4. The second-order valence-electron chi connectivity index (χ2n) is 3.62. The number of Topliss-reactive ketones (excluding diaryl/α,β-unsaturated/α-hetero) is 1. The fourth-order valence-electron chi connectivity index (χ4n) is 1.58. The number of thiazole rings is 1. The molecule has 0 amide bonds. The molecule has 1 unspecified atom stereocenters. The molecule has 0 spiro atoms. The SMILES string of the molecule is CC(=O)Cc1csc(C2CCSC2)n1. The minimum absolute atomic E-state index is 0.197. The van der Waals surface area contributed by atoms with Gasteiger partial charge in [0.2, 0.25) is 0 Å². The highest BCUT2D eigenvalue weighted by Gasteiger charge is 2.20. The van der Waals surface area contributed by atoms with Gasteiger partial charge in [0.1, 0.15) is 5.78 Å². The molecule has 0 radical (unpaired) electrons. The van der Waals surface area contributed by atoms with Crippen molar-refractivity contribution in [1.82, 2.24) is 4.98 Å². The third kappa shape index (κ3) is 2.36. The van der Waals surface area contributed by atoms with Crippen LogP contribution >= 0.6 is 23.1 Å². The largest absolute Gasteiger partial charge is 0.300 e. The first-order chi connectivity index (χ1) is 6.75. The summed E-state index contributed by atoms with van der Waals surface area (Å²) in [6.07, 6.45) is 1.74. The van der Waals surface area contributed by atoms with E-state index in [1.165, 1.54) is 22.9 Å². The highest BCUT2D eigenvalue weighted by atomic mass is 32.2. The number of rotatable bonds is 3. The van der Waals surface area contributed by atoms with E-state index in [1.807, 2.05) is 17.1 Å². The van der Waals surface area contributed by atoms with Crippen molar-refractivity contribution < 1.29 is 4.79 Å². The van der Waals surface area contributed by atoms with Gasteiger partial charge in [-0.15, -0.1) is 11.3 Å². The standard InChI is InChI=1S/C10H13NOS2/c1-7(12)4-9-6-14-10(11-9)8-2-3-13-5-8/h6,8H,2-5H2,1H3. The van der Waals surface area contributed by atoms with E-state index in [9.17, 15) is 4.79 Å². The van der Waals surface area contributed by atoms with Gasteiger partial charge in [-0.3, -0.25) is 4.79 Å².